The first-order valence-corrected chi connectivity index (χ1v) is 10.0. The van der Waals surface area contributed by atoms with E-state index in [1.165, 1.54) is 52.1 Å². The molecule has 24 heavy (non-hydrogen) atoms. The van der Waals surface area contributed by atoms with Gasteiger partial charge in [-0.25, -0.2) is 4.79 Å². The van der Waals surface area contributed by atoms with Crippen LogP contribution in [0.2, 0.25) is 0 Å². The van der Waals surface area contributed by atoms with Gasteiger partial charge in [0.2, 0.25) is 0 Å². The molecule has 0 saturated heterocycles. The van der Waals surface area contributed by atoms with Crippen molar-refractivity contribution in [3.63, 3.8) is 0 Å². The summed E-state index contributed by atoms with van der Waals surface area (Å²) in [6, 6.07) is 0. The van der Waals surface area contributed by atoms with Gasteiger partial charge in [0, 0.05) is 12.0 Å². The Kier molecular flexibility index (Phi) is 11.6. The number of ether oxygens (including phenoxy) is 1. The van der Waals surface area contributed by atoms with E-state index in [4.69, 9.17) is 0 Å². The standard InChI is InChI=1S/C21H36O3/c1-3-4-5-8-12-18-13-11-14-19(17-22)20(18)15-9-6-7-10-16-21(23)24-2/h18,20H,3-16H2,1-2H3. The van der Waals surface area contributed by atoms with Crippen LogP contribution in [0.25, 0.3) is 0 Å². The highest BCUT2D eigenvalue weighted by Gasteiger charge is 2.28. The van der Waals surface area contributed by atoms with Gasteiger partial charge in [0.15, 0.2) is 0 Å². The van der Waals surface area contributed by atoms with Crippen molar-refractivity contribution in [2.24, 2.45) is 11.8 Å². The number of esters is 1. The number of unbranched alkanes of at least 4 members (excludes halogenated alkanes) is 6. The maximum Gasteiger partial charge on any atom is 0.305 e. The Hall–Kier alpha value is -1.08. The molecule has 0 N–H and O–H groups in total. The van der Waals surface area contributed by atoms with Gasteiger partial charge in [-0.15, -0.1) is 0 Å². The van der Waals surface area contributed by atoms with Crippen LogP contribution in [0.4, 0.5) is 0 Å². The Bertz CT molecular complexity index is 396. The first-order valence-electron chi connectivity index (χ1n) is 10.0. The Morgan fingerprint density at radius 1 is 1.08 bits per heavy atom. The Balaban J connectivity index is 2.32. The average molecular weight is 337 g/mol. The molecule has 0 amide bonds. The van der Waals surface area contributed by atoms with Crippen LogP contribution >= 0.6 is 0 Å². The maximum atomic E-state index is 11.3. The zero-order chi connectivity index (χ0) is 17.6. The summed E-state index contributed by atoms with van der Waals surface area (Å²) in [5.41, 5.74) is 1.05. The minimum absolute atomic E-state index is 0.111. The van der Waals surface area contributed by atoms with Crippen LogP contribution in [0.5, 0.6) is 0 Å². The van der Waals surface area contributed by atoms with E-state index in [0.717, 1.165) is 44.1 Å². The van der Waals surface area contributed by atoms with E-state index in [2.05, 4.69) is 17.6 Å². The molecule has 1 aliphatic rings. The van der Waals surface area contributed by atoms with Crippen LogP contribution < -0.4 is 0 Å². The van der Waals surface area contributed by atoms with Crippen molar-refractivity contribution < 1.29 is 14.3 Å². The first kappa shape index (κ1) is 21.0. The van der Waals surface area contributed by atoms with Gasteiger partial charge < -0.3 is 4.74 Å². The lowest BCUT2D eigenvalue weighted by Crippen LogP contribution is -2.22. The van der Waals surface area contributed by atoms with Crippen molar-refractivity contribution in [3.8, 4) is 0 Å². The van der Waals surface area contributed by atoms with E-state index in [9.17, 15) is 9.59 Å². The summed E-state index contributed by atoms with van der Waals surface area (Å²) >= 11 is 0. The molecule has 138 valence electrons. The summed E-state index contributed by atoms with van der Waals surface area (Å²) in [5.74, 6) is 3.32. The predicted molar refractivity (Wildman–Crippen MR) is 98.5 cm³/mol. The quantitative estimate of drug-likeness (QED) is 0.263. The summed E-state index contributed by atoms with van der Waals surface area (Å²) in [7, 11) is 1.44. The first-order chi connectivity index (χ1) is 11.7. The lowest BCUT2D eigenvalue weighted by Gasteiger charge is -2.32. The minimum atomic E-state index is -0.111. The van der Waals surface area contributed by atoms with Crippen molar-refractivity contribution in [2.45, 2.75) is 96.8 Å². The fraction of sp³-hybridized carbons (Fsp3) is 0.857. The molecule has 0 radical (unpaired) electrons. The lowest BCUT2D eigenvalue weighted by atomic mass is 9.72. The molecule has 0 aromatic rings. The molecule has 0 aromatic carbocycles. The third-order valence-corrected chi connectivity index (χ3v) is 5.47. The zero-order valence-corrected chi connectivity index (χ0v) is 15.8. The monoisotopic (exact) mass is 336 g/mol. The van der Waals surface area contributed by atoms with Crippen LogP contribution in [-0.4, -0.2) is 19.0 Å². The Labute approximate surface area is 148 Å². The van der Waals surface area contributed by atoms with E-state index in [-0.39, 0.29) is 5.97 Å². The van der Waals surface area contributed by atoms with E-state index < -0.39 is 0 Å². The van der Waals surface area contributed by atoms with Crippen LogP contribution in [0.15, 0.2) is 5.57 Å². The molecule has 1 aliphatic carbocycles. The summed E-state index contributed by atoms with van der Waals surface area (Å²) in [5, 5.41) is 0. The second kappa shape index (κ2) is 13.2. The van der Waals surface area contributed by atoms with Crippen LogP contribution in [0.3, 0.4) is 0 Å². The summed E-state index contributed by atoms with van der Waals surface area (Å²) in [6.45, 7) is 2.25. The van der Waals surface area contributed by atoms with E-state index in [1.807, 2.05) is 0 Å². The highest BCUT2D eigenvalue weighted by Crippen LogP contribution is 2.39. The molecule has 2 unspecified atom stereocenters. The van der Waals surface area contributed by atoms with Gasteiger partial charge in [0.25, 0.3) is 0 Å². The van der Waals surface area contributed by atoms with Gasteiger partial charge in [-0.1, -0.05) is 51.9 Å². The van der Waals surface area contributed by atoms with Crippen molar-refractivity contribution in [1.29, 1.82) is 0 Å². The van der Waals surface area contributed by atoms with Crippen molar-refractivity contribution in [2.75, 3.05) is 7.11 Å². The lowest BCUT2D eigenvalue weighted by molar-refractivity contribution is -0.140. The third-order valence-electron chi connectivity index (χ3n) is 5.47. The maximum absolute atomic E-state index is 11.3. The molecule has 1 rings (SSSR count). The summed E-state index contributed by atoms with van der Waals surface area (Å²) in [4.78, 5) is 22.4. The zero-order valence-electron chi connectivity index (χ0n) is 15.8. The van der Waals surface area contributed by atoms with E-state index >= 15 is 0 Å². The number of carbonyl (C=O) groups is 1. The number of methoxy groups -OCH3 is 1. The van der Waals surface area contributed by atoms with Crippen molar-refractivity contribution in [1.82, 2.24) is 0 Å². The van der Waals surface area contributed by atoms with Gasteiger partial charge >= 0.3 is 5.97 Å². The van der Waals surface area contributed by atoms with Gasteiger partial charge in [-0.2, -0.15) is 0 Å². The molecule has 0 aliphatic heterocycles. The topological polar surface area (TPSA) is 43.4 Å². The minimum Gasteiger partial charge on any atom is -0.469 e. The number of rotatable bonds is 12. The van der Waals surface area contributed by atoms with Gasteiger partial charge in [0.1, 0.15) is 5.94 Å². The molecule has 3 heteroatoms. The van der Waals surface area contributed by atoms with Crippen LogP contribution in [-0.2, 0) is 14.3 Å². The number of allylic oxidation sites excluding steroid dienone is 1. The average Bonchev–Trinajstić information content (AvgIpc) is 2.61. The van der Waals surface area contributed by atoms with E-state index in [1.54, 1.807) is 0 Å². The van der Waals surface area contributed by atoms with Crippen molar-refractivity contribution in [3.05, 3.63) is 5.57 Å². The molecule has 0 spiro atoms. The summed E-state index contributed by atoms with van der Waals surface area (Å²) in [6.07, 6.45) is 15.9. The molecule has 1 fully saturated rings. The summed E-state index contributed by atoms with van der Waals surface area (Å²) < 4.78 is 4.66. The highest BCUT2D eigenvalue weighted by molar-refractivity contribution is 5.68. The molecule has 3 nitrogen and oxygen atoms in total. The van der Waals surface area contributed by atoms with Crippen molar-refractivity contribution >= 4 is 11.9 Å². The predicted octanol–water partition coefficient (Wildman–Crippen LogP) is 5.64. The largest absolute Gasteiger partial charge is 0.469 e. The van der Waals surface area contributed by atoms with Gasteiger partial charge in [-0.3, -0.25) is 4.79 Å². The number of carbonyl (C=O) groups excluding carboxylic acids is 2. The molecule has 1 saturated carbocycles. The fourth-order valence-corrected chi connectivity index (χ4v) is 4.03. The second-order valence-electron chi connectivity index (χ2n) is 7.26. The molecular weight excluding hydrogens is 300 g/mol. The molecule has 0 bridgehead atoms. The molecule has 0 heterocycles. The van der Waals surface area contributed by atoms with Gasteiger partial charge in [0.05, 0.1) is 7.11 Å². The Morgan fingerprint density at radius 3 is 2.50 bits per heavy atom. The SMILES string of the molecule is CCCCCCC1CCCC(=C=O)C1CCCCCCC(=O)OC. The molecule has 0 aromatic heterocycles. The van der Waals surface area contributed by atoms with E-state index in [0.29, 0.717) is 18.3 Å². The number of hydrogen-bond donors (Lipinski definition) is 0. The molecule has 2 atom stereocenters. The smallest absolute Gasteiger partial charge is 0.305 e. The normalized spacial score (nSPS) is 20.7. The van der Waals surface area contributed by atoms with Gasteiger partial charge in [-0.05, 0) is 50.4 Å². The highest BCUT2D eigenvalue weighted by atomic mass is 16.5. The third kappa shape index (κ3) is 8.15. The fourth-order valence-electron chi connectivity index (χ4n) is 4.03. The Morgan fingerprint density at radius 2 is 1.79 bits per heavy atom. The van der Waals surface area contributed by atoms with Crippen LogP contribution in [0, 0.1) is 11.8 Å². The number of hydrogen-bond acceptors (Lipinski definition) is 3. The molecular formula is C21H36O3. The van der Waals surface area contributed by atoms with Crippen LogP contribution in [0.1, 0.15) is 96.8 Å². The second-order valence-corrected chi connectivity index (χ2v) is 7.26.